The monoisotopic (exact) mass is 470 g/mol. The maximum Gasteiger partial charge on any atom is -1.00 e. The molecule has 0 amide bonds. The maximum atomic E-state index is 2.57. The summed E-state index contributed by atoms with van der Waals surface area (Å²) < 4.78 is 1.53. The fraction of sp³-hybridized carbons (Fsp3) is 0.273. The van der Waals surface area contributed by atoms with Crippen LogP contribution in [0.5, 0.6) is 0 Å². The first-order valence-electron chi connectivity index (χ1n) is 8.93. The maximum absolute atomic E-state index is 2.57. The molecule has 0 spiro atoms. The van der Waals surface area contributed by atoms with Gasteiger partial charge in [-0.1, -0.05) is 0 Å². The van der Waals surface area contributed by atoms with Gasteiger partial charge in [0, 0.05) is 0 Å². The molecule has 0 heterocycles. The van der Waals surface area contributed by atoms with E-state index in [4.69, 9.17) is 0 Å². The van der Waals surface area contributed by atoms with E-state index in [0.29, 0.717) is 0 Å². The van der Waals surface area contributed by atoms with Crippen molar-refractivity contribution in [3.63, 3.8) is 0 Å². The van der Waals surface area contributed by atoms with Crippen LogP contribution in [0, 0.1) is 0 Å². The van der Waals surface area contributed by atoms with Crippen LogP contribution in [0.3, 0.4) is 0 Å². The van der Waals surface area contributed by atoms with Crippen molar-refractivity contribution in [2.24, 2.45) is 0 Å². The zero-order valence-corrected chi connectivity index (χ0v) is 20.6. The van der Waals surface area contributed by atoms with E-state index in [0.717, 1.165) is 6.42 Å². The summed E-state index contributed by atoms with van der Waals surface area (Å²) in [7, 11) is -1.70. The second kappa shape index (κ2) is 12.3. The van der Waals surface area contributed by atoms with Gasteiger partial charge < -0.3 is 37.2 Å². The number of unbranched alkanes of at least 4 members (excludes halogenated alkanes) is 1. The zero-order chi connectivity index (χ0) is 17.0. The molecule has 27 heavy (non-hydrogen) atoms. The van der Waals surface area contributed by atoms with E-state index < -0.39 is 8.07 Å². The molecule has 1 aliphatic carbocycles. The van der Waals surface area contributed by atoms with E-state index in [1.54, 1.807) is 10.4 Å². The predicted octanol–water partition coefficient (Wildman–Crippen LogP) is -3.39. The van der Waals surface area contributed by atoms with Crippen molar-refractivity contribution in [1.82, 2.24) is 0 Å². The van der Waals surface area contributed by atoms with Gasteiger partial charge in [0.2, 0.25) is 0 Å². The molecule has 0 fully saturated rings. The van der Waals surface area contributed by atoms with E-state index in [2.05, 4.69) is 101 Å². The predicted molar refractivity (Wildman–Crippen MR) is 103 cm³/mol. The minimum Gasteiger partial charge on any atom is -1.00 e. The smallest absolute Gasteiger partial charge is 1.00 e. The zero-order valence-electron chi connectivity index (χ0n) is 15.8. The summed E-state index contributed by atoms with van der Waals surface area (Å²) in [6, 6.07) is 23.6. The molecule has 2 aromatic rings. The third-order valence-electron chi connectivity index (χ3n) is 5.18. The summed E-state index contributed by atoms with van der Waals surface area (Å²) in [5, 5.41) is 3.23. The molecule has 0 nitrogen and oxygen atoms in total. The van der Waals surface area contributed by atoms with Gasteiger partial charge in [-0.25, -0.2) is 0 Å². The Morgan fingerprint density at radius 1 is 0.889 bits per heavy atom. The molecule has 1 atom stereocenters. The number of hydrogen-bond acceptors (Lipinski definition) is 0. The van der Waals surface area contributed by atoms with Crippen LogP contribution in [0.1, 0.15) is 31.7 Å². The van der Waals surface area contributed by atoms with Crippen LogP contribution < -0.4 is 42.4 Å². The van der Waals surface area contributed by atoms with Crippen LogP contribution in [0.2, 0.25) is 12.6 Å². The molecule has 2 aromatic carbocycles. The molecule has 0 radical (unpaired) electrons. The van der Waals surface area contributed by atoms with Crippen molar-refractivity contribution < 1.29 is 57.7 Å². The first kappa shape index (κ1) is 26.7. The number of allylic oxidation sites excluding steroid dienone is 4. The molecule has 1 unspecified atom stereocenters. The van der Waals surface area contributed by atoms with E-state index in [9.17, 15) is 0 Å². The van der Waals surface area contributed by atoms with Crippen molar-refractivity contribution >= 4 is 18.8 Å². The Morgan fingerprint density at radius 2 is 1.44 bits per heavy atom. The van der Waals surface area contributed by atoms with E-state index in [1.807, 2.05) is 0 Å². The Bertz CT molecular complexity index is 760. The Morgan fingerprint density at radius 3 is 2.00 bits per heavy atom. The minimum absolute atomic E-state index is 0. The molecule has 0 aromatic heterocycles. The molecule has 142 valence electrons. The number of halogens is 3. The third-order valence-corrected chi connectivity index (χ3v) is 10.5. The molecule has 0 N–H and O–H groups in total. The average Bonchev–Trinajstić information content (AvgIpc) is 3.03. The Kier molecular flexibility index (Phi) is 12.2. The van der Waals surface area contributed by atoms with Crippen LogP contribution >= 0.6 is 0 Å². The third kappa shape index (κ3) is 5.85. The quantitative estimate of drug-likeness (QED) is 0.386. The molecule has 3 rings (SSSR count). The standard InChI is InChI=1S/C22H25Si.3ClH.Ti/c1-3-4-18-23(2,20-14-9-6-10-15-20)22-17-11-16-21(22)19-12-7-5-8-13-19;;;;/h5-10,12-15,17H,3-4,11,18H2,1-2H3;3*1H;/q;;;;+3/p-3. The molecule has 0 bridgehead atoms. The van der Waals surface area contributed by atoms with Crippen molar-refractivity contribution in [1.29, 1.82) is 0 Å². The second-order valence-electron chi connectivity index (χ2n) is 6.84. The summed E-state index contributed by atoms with van der Waals surface area (Å²) in [4.78, 5) is 0. The van der Waals surface area contributed by atoms with E-state index in [-0.39, 0.29) is 37.2 Å². The van der Waals surface area contributed by atoms with Gasteiger partial charge >= 0.3 is 159 Å². The average molecular weight is 472 g/mol. The van der Waals surface area contributed by atoms with Gasteiger partial charge in [0.25, 0.3) is 0 Å². The molecular formula is C22H25Cl3SiTi. The number of benzene rings is 2. The van der Waals surface area contributed by atoms with Crippen LogP contribution in [-0.2, 0) is 20.4 Å². The fourth-order valence-corrected chi connectivity index (χ4v) is 8.83. The van der Waals surface area contributed by atoms with Gasteiger partial charge in [-0.15, -0.1) is 0 Å². The normalized spacial score (nSPS) is 15.0. The van der Waals surface area contributed by atoms with Crippen molar-refractivity contribution in [2.75, 3.05) is 0 Å². The Labute approximate surface area is 195 Å². The Balaban J connectivity index is 0.00000225. The molecular weight excluding hydrogens is 447 g/mol. The van der Waals surface area contributed by atoms with E-state index in [1.165, 1.54) is 33.9 Å². The largest absolute Gasteiger partial charge is 1.00 e. The summed E-state index contributed by atoms with van der Waals surface area (Å²) in [6.07, 6.45) is 6.23. The van der Waals surface area contributed by atoms with Gasteiger partial charge in [-0.3, -0.25) is 0 Å². The summed E-state index contributed by atoms with van der Waals surface area (Å²) in [5.41, 5.74) is 2.93. The molecule has 0 aliphatic heterocycles. The van der Waals surface area contributed by atoms with Gasteiger partial charge in [0.05, 0.1) is 0 Å². The van der Waals surface area contributed by atoms with Gasteiger partial charge in [0.1, 0.15) is 0 Å². The SMILES string of the molecule is CCCC[Si](C)(C1=CC[C]([Ti+3])=C1c1ccccc1)c1ccccc1.[Cl-].[Cl-].[Cl-]. The van der Waals surface area contributed by atoms with Crippen LogP contribution in [0.15, 0.2) is 75.8 Å². The summed E-state index contributed by atoms with van der Waals surface area (Å²) in [5.74, 6) is 0. The van der Waals surface area contributed by atoms with Crippen LogP contribution in [0.4, 0.5) is 0 Å². The van der Waals surface area contributed by atoms with Crippen molar-refractivity contribution in [3.05, 3.63) is 81.4 Å². The Hall–Kier alpha value is -0.279. The van der Waals surface area contributed by atoms with E-state index >= 15 is 0 Å². The topological polar surface area (TPSA) is 0 Å². The van der Waals surface area contributed by atoms with Gasteiger partial charge in [-0.05, 0) is 0 Å². The number of rotatable bonds is 6. The fourth-order valence-electron chi connectivity index (χ4n) is 3.78. The van der Waals surface area contributed by atoms with Gasteiger partial charge in [0.15, 0.2) is 0 Å². The van der Waals surface area contributed by atoms with Crippen LogP contribution in [-0.4, -0.2) is 8.07 Å². The molecule has 0 saturated heterocycles. The van der Waals surface area contributed by atoms with Crippen molar-refractivity contribution in [3.8, 4) is 0 Å². The molecule has 0 saturated carbocycles. The summed E-state index contributed by atoms with van der Waals surface area (Å²) in [6.45, 7) is 4.88. The summed E-state index contributed by atoms with van der Waals surface area (Å²) >= 11 is 2.31. The van der Waals surface area contributed by atoms with Crippen LogP contribution in [0.25, 0.3) is 5.57 Å². The van der Waals surface area contributed by atoms with Crippen molar-refractivity contribution in [2.45, 2.75) is 38.8 Å². The second-order valence-corrected chi connectivity index (χ2v) is 12.1. The molecule has 5 heteroatoms. The number of hydrogen-bond donors (Lipinski definition) is 0. The first-order valence-corrected chi connectivity index (χ1v) is 12.4. The first-order chi connectivity index (χ1) is 11.7. The minimum atomic E-state index is -1.70. The molecule has 1 aliphatic rings. The van der Waals surface area contributed by atoms with Gasteiger partial charge in [-0.2, -0.15) is 0 Å².